The van der Waals surface area contributed by atoms with Gasteiger partial charge in [0.15, 0.2) is 0 Å². The second-order valence-corrected chi connectivity index (χ2v) is 7.83. The lowest BCUT2D eigenvalue weighted by Gasteiger charge is -2.21. The molecule has 0 bridgehead atoms. The van der Waals surface area contributed by atoms with Crippen LogP contribution in [0.15, 0.2) is 5.38 Å². The van der Waals surface area contributed by atoms with E-state index in [9.17, 15) is 0 Å². The standard InChI is InChI=1S/C18H26N4OS/c1-12(23-2)18-19-13(11-24-18)10-22-9-5-8-16(22)17-20-14-6-3-4-7-15(14)21-17/h11-12,16H,3-10H2,1-2H3,(H,20,21)/t12-,16-/m1/s1. The molecular formula is C18H26N4OS. The number of aromatic nitrogens is 3. The number of aromatic amines is 1. The van der Waals surface area contributed by atoms with Gasteiger partial charge in [-0.05, 0) is 52.0 Å². The first-order valence-corrected chi connectivity index (χ1v) is 9.91. The highest BCUT2D eigenvalue weighted by Crippen LogP contribution is 2.33. The Hall–Kier alpha value is -1.24. The van der Waals surface area contributed by atoms with Crippen LogP contribution in [0.5, 0.6) is 0 Å². The second kappa shape index (κ2) is 6.94. The van der Waals surface area contributed by atoms with E-state index in [1.54, 1.807) is 18.4 Å². The van der Waals surface area contributed by atoms with Crippen molar-refractivity contribution in [2.75, 3.05) is 13.7 Å². The molecule has 2 atom stereocenters. The summed E-state index contributed by atoms with van der Waals surface area (Å²) in [6.07, 6.45) is 7.39. The Balaban J connectivity index is 1.48. The number of rotatable bonds is 5. The Kier molecular flexibility index (Phi) is 4.70. The number of imidazole rings is 1. The molecular weight excluding hydrogens is 320 g/mol. The summed E-state index contributed by atoms with van der Waals surface area (Å²) in [5.41, 5.74) is 3.85. The Morgan fingerprint density at radius 2 is 2.21 bits per heavy atom. The van der Waals surface area contributed by atoms with Gasteiger partial charge in [-0.25, -0.2) is 9.97 Å². The third-order valence-electron chi connectivity index (χ3n) is 5.29. The van der Waals surface area contributed by atoms with Crippen LogP contribution in [0.4, 0.5) is 0 Å². The van der Waals surface area contributed by atoms with Gasteiger partial charge in [-0.15, -0.1) is 11.3 Å². The third-order valence-corrected chi connectivity index (χ3v) is 6.34. The molecule has 0 spiro atoms. The van der Waals surface area contributed by atoms with Crippen molar-refractivity contribution in [1.82, 2.24) is 19.9 Å². The number of ether oxygens (including phenoxy) is 1. The van der Waals surface area contributed by atoms with Gasteiger partial charge in [0, 0.05) is 24.7 Å². The molecule has 0 unspecified atom stereocenters. The molecule has 4 rings (SSSR count). The van der Waals surface area contributed by atoms with Crippen LogP contribution in [0.2, 0.25) is 0 Å². The SMILES string of the molecule is CO[C@H](C)c1nc(CN2CCC[C@@H]2c2nc3c([nH]2)CCCC3)cs1. The number of likely N-dealkylation sites (tertiary alicyclic amines) is 1. The first kappa shape index (κ1) is 16.2. The van der Waals surface area contributed by atoms with Crippen molar-refractivity contribution in [1.29, 1.82) is 0 Å². The van der Waals surface area contributed by atoms with E-state index < -0.39 is 0 Å². The van der Waals surface area contributed by atoms with Gasteiger partial charge in [-0.3, -0.25) is 4.90 Å². The predicted molar refractivity (Wildman–Crippen MR) is 95.2 cm³/mol. The van der Waals surface area contributed by atoms with E-state index in [2.05, 4.69) is 22.2 Å². The number of hydrogen-bond acceptors (Lipinski definition) is 5. The highest BCUT2D eigenvalue weighted by atomic mass is 32.1. The number of aryl methyl sites for hydroxylation is 2. The molecule has 1 fully saturated rings. The number of nitrogens with zero attached hydrogens (tertiary/aromatic N) is 3. The molecule has 6 heteroatoms. The van der Waals surface area contributed by atoms with Crippen LogP contribution < -0.4 is 0 Å². The van der Waals surface area contributed by atoms with E-state index in [1.807, 2.05) is 0 Å². The number of thiazole rings is 1. The molecule has 2 aromatic rings. The van der Waals surface area contributed by atoms with Crippen molar-refractivity contribution in [2.45, 2.75) is 64.1 Å². The van der Waals surface area contributed by atoms with Gasteiger partial charge < -0.3 is 9.72 Å². The van der Waals surface area contributed by atoms with E-state index in [4.69, 9.17) is 14.7 Å². The topological polar surface area (TPSA) is 54.0 Å². The average molecular weight is 347 g/mol. The summed E-state index contributed by atoms with van der Waals surface area (Å²) in [5.74, 6) is 1.18. The van der Waals surface area contributed by atoms with E-state index in [0.29, 0.717) is 6.04 Å². The van der Waals surface area contributed by atoms with E-state index in [0.717, 1.165) is 30.2 Å². The summed E-state index contributed by atoms with van der Waals surface area (Å²) in [6, 6.07) is 0.417. The summed E-state index contributed by atoms with van der Waals surface area (Å²) in [6.45, 7) is 4.08. The van der Waals surface area contributed by atoms with Gasteiger partial charge in [0.25, 0.3) is 0 Å². The lowest BCUT2D eigenvalue weighted by atomic mass is 10.0. The molecule has 1 N–H and O–H groups in total. The number of methoxy groups -OCH3 is 1. The van der Waals surface area contributed by atoms with Gasteiger partial charge in [0.2, 0.25) is 0 Å². The molecule has 3 heterocycles. The van der Waals surface area contributed by atoms with Gasteiger partial charge in [0.05, 0.1) is 17.4 Å². The van der Waals surface area contributed by atoms with Crippen molar-refractivity contribution in [3.63, 3.8) is 0 Å². The number of nitrogens with one attached hydrogen (secondary N) is 1. The van der Waals surface area contributed by atoms with Crippen LogP contribution in [-0.2, 0) is 24.1 Å². The van der Waals surface area contributed by atoms with Crippen molar-refractivity contribution < 1.29 is 4.74 Å². The third kappa shape index (κ3) is 3.15. The maximum absolute atomic E-state index is 5.38. The van der Waals surface area contributed by atoms with E-state index >= 15 is 0 Å². The summed E-state index contributed by atoms with van der Waals surface area (Å²) < 4.78 is 5.38. The largest absolute Gasteiger partial charge is 0.375 e. The van der Waals surface area contributed by atoms with Crippen molar-refractivity contribution in [3.05, 3.63) is 33.3 Å². The normalized spacial score (nSPS) is 22.7. The van der Waals surface area contributed by atoms with Crippen molar-refractivity contribution in [3.8, 4) is 0 Å². The Labute approximate surface area is 147 Å². The Bertz CT molecular complexity index is 672. The lowest BCUT2D eigenvalue weighted by molar-refractivity contribution is 0.119. The minimum Gasteiger partial charge on any atom is -0.375 e. The first-order chi connectivity index (χ1) is 11.7. The van der Waals surface area contributed by atoms with Crippen LogP contribution in [0.1, 0.15) is 72.7 Å². The highest BCUT2D eigenvalue weighted by molar-refractivity contribution is 7.09. The zero-order valence-corrected chi connectivity index (χ0v) is 15.4. The minimum atomic E-state index is 0.0786. The van der Waals surface area contributed by atoms with Crippen LogP contribution >= 0.6 is 11.3 Å². The van der Waals surface area contributed by atoms with Gasteiger partial charge in [-0.2, -0.15) is 0 Å². The fourth-order valence-electron chi connectivity index (χ4n) is 3.85. The van der Waals surface area contributed by atoms with Gasteiger partial charge in [-0.1, -0.05) is 0 Å². The molecule has 1 saturated heterocycles. The van der Waals surface area contributed by atoms with Gasteiger partial charge in [0.1, 0.15) is 16.9 Å². The predicted octanol–water partition coefficient (Wildman–Crippen LogP) is 3.79. The van der Waals surface area contributed by atoms with Crippen molar-refractivity contribution in [2.24, 2.45) is 0 Å². The summed E-state index contributed by atoms with van der Waals surface area (Å²) >= 11 is 1.70. The number of hydrogen-bond donors (Lipinski definition) is 1. The quantitative estimate of drug-likeness (QED) is 0.895. The van der Waals surface area contributed by atoms with Crippen LogP contribution in [-0.4, -0.2) is 33.5 Å². The molecule has 0 radical (unpaired) electrons. The summed E-state index contributed by atoms with van der Waals surface area (Å²) in [5, 5.41) is 3.24. The number of fused-ring (bicyclic) bond motifs is 1. The lowest BCUT2D eigenvalue weighted by Crippen LogP contribution is -2.23. The molecule has 0 saturated carbocycles. The zero-order valence-electron chi connectivity index (χ0n) is 14.5. The Morgan fingerprint density at radius 1 is 1.33 bits per heavy atom. The maximum atomic E-state index is 5.38. The molecule has 24 heavy (non-hydrogen) atoms. The fourth-order valence-corrected chi connectivity index (χ4v) is 4.69. The molecule has 1 aliphatic heterocycles. The van der Waals surface area contributed by atoms with E-state index in [1.165, 1.54) is 49.3 Å². The number of H-pyrrole nitrogens is 1. The average Bonchev–Trinajstić information content (AvgIpc) is 3.33. The smallest absolute Gasteiger partial charge is 0.124 e. The second-order valence-electron chi connectivity index (χ2n) is 6.94. The molecule has 0 aromatic carbocycles. The Morgan fingerprint density at radius 3 is 3.04 bits per heavy atom. The van der Waals surface area contributed by atoms with Gasteiger partial charge >= 0.3 is 0 Å². The maximum Gasteiger partial charge on any atom is 0.124 e. The summed E-state index contributed by atoms with van der Waals surface area (Å²) in [4.78, 5) is 15.9. The molecule has 2 aromatic heterocycles. The first-order valence-electron chi connectivity index (χ1n) is 9.03. The fraction of sp³-hybridized carbons (Fsp3) is 0.667. The molecule has 2 aliphatic rings. The molecule has 0 amide bonds. The highest BCUT2D eigenvalue weighted by Gasteiger charge is 2.30. The molecule has 1 aliphatic carbocycles. The van der Waals surface area contributed by atoms with Crippen LogP contribution in [0.25, 0.3) is 0 Å². The molecule has 130 valence electrons. The zero-order chi connectivity index (χ0) is 16.5. The minimum absolute atomic E-state index is 0.0786. The molecule has 5 nitrogen and oxygen atoms in total. The summed E-state index contributed by atoms with van der Waals surface area (Å²) in [7, 11) is 1.74. The monoisotopic (exact) mass is 346 g/mol. The van der Waals surface area contributed by atoms with E-state index in [-0.39, 0.29) is 6.10 Å². The van der Waals surface area contributed by atoms with Crippen LogP contribution in [0, 0.1) is 0 Å². The van der Waals surface area contributed by atoms with Crippen molar-refractivity contribution >= 4 is 11.3 Å². The van der Waals surface area contributed by atoms with Crippen LogP contribution in [0.3, 0.4) is 0 Å².